The molecule has 6 N–H and O–H groups in total. The number of hydrogen-bond acceptors (Lipinski definition) is 4. The molecule has 1 atom stereocenters. The molecule has 0 heterocycles. The van der Waals surface area contributed by atoms with Gasteiger partial charge in [0, 0.05) is 17.7 Å². The van der Waals surface area contributed by atoms with Gasteiger partial charge in [-0.25, -0.2) is 0 Å². The van der Waals surface area contributed by atoms with Gasteiger partial charge in [-0.3, -0.25) is 10.2 Å². The highest BCUT2D eigenvalue weighted by Gasteiger charge is 2.12. The molecule has 17 heavy (non-hydrogen) atoms. The third kappa shape index (κ3) is 3.69. The van der Waals surface area contributed by atoms with Crippen molar-refractivity contribution in [1.29, 1.82) is 5.41 Å². The normalized spacial score (nSPS) is 11.6. The van der Waals surface area contributed by atoms with Crippen LogP contribution in [0.1, 0.15) is 12.0 Å². The van der Waals surface area contributed by atoms with E-state index in [4.69, 9.17) is 16.9 Å². The maximum atomic E-state index is 11.5. The van der Waals surface area contributed by atoms with Gasteiger partial charge in [-0.2, -0.15) is 0 Å². The predicted octanol–water partition coefficient (Wildman–Crippen LogP) is -0.175. The number of rotatable bonds is 5. The van der Waals surface area contributed by atoms with E-state index in [1.54, 1.807) is 24.3 Å². The summed E-state index contributed by atoms with van der Waals surface area (Å²) >= 11 is 0. The number of hydrogen-bond donors (Lipinski definition) is 4. The Hall–Kier alpha value is -2.21. The largest absolute Gasteiger partial charge is 0.384 e. The van der Waals surface area contributed by atoms with Crippen LogP contribution in [0.2, 0.25) is 0 Å². The Balaban J connectivity index is 2.66. The molecule has 0 fully saturated rings. The van der Waals surface area contributed by atoms with Crippen molar-refractivity contribution in [3.05, 3.63) is 29.8 Å². The first-order chi connectivity index (χ1) is 8.04. The van der Waals surface area contributed by atoms with Crippen LogP contribution >= 0.6 is 0 Å². The lowest BCUT2D eigenvalue weighted by Crippen LogP contribution is -2.35. The van der Waals surface area contributed by atoms with Crippen molar-refractivity contribution in [2.45, 2.75) is 12.5 Å². The average Bonchev–Trinajstić information content (AvgIpc) is 2.30. The number of aldehydes is 1. The number of amidine groups is 1. The summed E-state index contributed by atoms with van der Waals surface area (Å²) in [4.78, 5) is 21.7. The Kier molecular flexibility index (Phi) is 4.36. The summed E-state index contributed by atoms with van der Waals surface area (Å²) in [6, 6.07) is 5.61. The van der Waals surface area contributed by atoms with Crippen molar-refractivity contribution < 1.29 is 9.59 Å². The Labute approximate surface area is 98.5 Å². The maximum Gasteiger partial charge on any atom is 0.241 e. The molecule has 0 bridgehead atoms. The number of nitrogen functional groups attached to an aromatic ring is 1. The van der Waals surface area contributed by atoms with Gasteiger partial charge in [0.25, 0.3) is 0 Å². The molecule has 0 aromatic heterocycles. The molecule has 0 aliphatic rings. The molecule has 0 radical (unpaired) electrons. The molecular formula is C11H14N4O2. The molecule has 0 spiro atoms. The van der Waals surface area contributed by atoms with Crippen LogP contribution in [0, 0.1) is 5.41 Å². The number of amides is 1. The van der Waals surface area contributed by atoms with Crippen LogP contribution in [0.3, 0.4) is 0 Å². The van der Waals surface area contributed by atoms with Crippen LogP contribution in [0.25, 0.3) is 0 Å². The van der Waals surface area contributed by atoms with Gasteiger partial charge in [0.15, 0.2) is 0 Å². The van der Waals surface area contributed by atoms with Crippen LogP contribution in [-0.2, 0) is 9.59 Å². The van der Waals surface area contributed by atoms with Gasteiger partial charge in [0.2, 0.25) is 5.91 Å². The summed E-state index contributed by atoms with van der Waals surface area (Å²) in [5.41, 5.74) is 11.9. The smallest absolute Gasteiger partial charge is 0.241 e. The van der Waals surface area contributed by atoms with Crippen molar-refractivity contribution in [2.75, 3.05) is 5.32 Å². The van der Waals surface area contributed by atoms with Gasteiger partial charge in [0.05, 0.1) is 6.04 Å². The zero-order chi connectivity index (χ0) is 12.8. The van der Waals surface area contributed by atoms with E-state index in [2.05, 4.69) is 5.32 Å². The Morgan fingerprint density at radius 2 is 2.00 bits per heavy atom. The van der Waals surface area contributed by atoms with E-state index in [-0.39, 0.29) is 12.3 Å². The standard InChI is InChI=1S/C11H14N4O2/c12-9(5-6-16)11(17)15-8-3-1-7(2-4-8)10(13)14/h1-4,6,9H,5,12H2,(H3,13,14)(H,15,17). The van der Waals surface area contributed by atoms with E-state index in [0.717, 1.165) is 0 Å². The number of benzene rings is 1. The Morgan fingerprint density at radius 3 is 2.47 bits per heavy atom. The van der Waals surface area contributed by atoms with Gasteiger partial charge in [-0.05, 0) is 24.3 Å². The van der Waals surface area contributed by atoms with Crippen molar-refractivity contribution in [2.24, 2.45) is 11.5 Å². The first kappa shape index (κ1) is 12.9. The van der Waals surface area contributed by atoms with Gasteiger partial charge < -0.3 is 21.6 Å². The molecule has 1 rings (SSSR count). The van der Waals surface area contributed by atoms with Crippen molar-refractivity contribution in [3.63, 3.8) is 0 Å². The molecule has 6 heteroatoms. The molecule has 90 valence electrons. The van der Waals surface area contributed by atoms with Crippen LogP contribution in [0.15, 0.2) is 24.3 Å². The molecule has 0 saturated carbocycles. The average molecular weight is 234 g/mol. The SMILES string of the molecule is N=C(N)c1ccc(NC(=O)C(N)CC=O)cc1. The summed E-state index contributed by atoms with van der Waals surface area (Å²) in [6.07, 6.45) is 0.584. The second-order valence-electron chi connectivity index (χ2n) is 3.49. The number of anilines is 1. The summed E-state index contributed by atoms with van der Waals surface area (Å²) < 4.78 is 0. The van der Waals surface area contributed by atoms with E-state index in [1.165, 1.54) is 0 Å². The zero-order valence-corrected chi connectivity index (χ0v) is 9.14. The second-order valence-corrected chi connectivity index (χ2v) is 3.49. The molecule has 0 aliphatic heterocycles. The van der Waals surface area contributed by atoms with Gasteiger partial charge in [0.1, 0.15) is 12.1 Å². The fraction of sp³-hybridized carbons (Fsp3) is 0.182. The number of nitrogens with one attached hydrogen (secondary N) is 2. The van der Waals surface area contributed by atoms with E-state index in [0.29, 0.717) is 17.5 Å². The first-order valence-corrected chi connectivity index (χ1v) is 4.99. The minimum atomic E-state index is -0.847. The molecule has 6 nitrogen and oxygen atoms in total. The van der Waals surface area contributed by atoms with Gasteiger partial charge in [-0.1, -0.05) is 0 Å². The van der Waals surface area contributed by atoms with Crippen LogP contribution in [0.4, 0.5) is 5.69 Å². The quantitative estimate of drug-likeness (QED) is 0.321. The van der Waals surface area contributed by atoms with Crippen molar-refractivity contribution in [1.82, 2.24) is 0 Å². The summed E-state index contributed by atoms with van der Waals surface area (Å²) in [6.45, 7) is 0. The highest BCUT2D eigenvalue weighted by Crippen LogP contribution is 2.09. The molecule has 0 saturated heterocycles. The molecule has 1 aromatic carbocycles. The lowest BCUT2D eigenvalue weighted by Gasteiger charge is -2.09. The van der Waals surface area contributed by atoms with E-state index in [1.807, 2.05) is 0 Å². The lowest BCUT2D eigenvalue weighted by molar-refractivity contribution is -0.119. The minimum absolute atomic E-state index is 0.0165. The van der Waals surface area contributed by atoms with Crippen molar-refractivity contribution in [3.8, 4) is 0 Å². The highest BCUT2D eigenvalue weighted by molar-refractivity contribution is 5.97. The predicted molar refractivity (Wildman–Crippen MR) is 64.7 cm³/mol. The number of carbonyl (C=O) groups excluding carboxylic acids is 2. The summed E-state index contributed by atoms with van der Waals surface area (Å²) in [7, 11) is 0. The third-order valence-electron chi connectivity index (χ3n) is 2.15. The second kappa shape index (κ2) is 5.76. The van der Waals surface area contributed by atoms with Gasteiger partial charge in [-0.15, -0.1) is 0 Å². The topological polar surface area (TPSA) is 122 Å². The first-order valence-electron chi connectivity index (χ1n) is 4.99. The molecule has 1 amide bonds. The van der Waals surface area contributed by atoms with Crippen LogP contribution < -0.4 is 16.8 Å². The van der Waals surface area contributed by atoms with Gasteiger partial charge >= 0.3 is 0 Å². The fourth-order valence-electron chi connectivity index (χ4n) is 1.18. The van der Waals surface area contributed by atoms with Crippen LogP contribution in [-0.4, -0.2) is 24.1 Å². The zero-order valence-electron chi connectivity index (χ0n) is 9.14. The minimum Gasteiger partial charge on any atom is -0.384 e. The maximum absolute atomic E-state index is 11.5. The molecular weight excluding hydrogens is 220 g/mol. The summed E-state index contributed by atoms with van der Waals surface area (Å²) in [5, 5.41) is 9.76. The molecule has 0 aliphatic carbocycles. The number of carbonyl (C=O) groups is 2. The lowest BCUT2D eigenvalue weighted by atomic mass is 10.1. The number of nitrogens with two attached hydrogens (primary N) is 2. The Bertz CT molecular complexity index is 428. The highest BCUT2D eigenvalue weighted by atomic mass is 16.2. The molecule has 1 unspecified atom stereocenters. The van der Waals surface area contributed by atoms with E-state index >= 15 is 0 Å². The van der Waals surface area contributed by atoms with Crippen LogP contribution in [0.5, 0.6) is 0 Å². The van der Waals surface area contributed by atoms with E-state index in [9.17, 15) is 9.59 Å². The fourth-order valence-corrected chi connectivity index (χ4v) is 1.18. The third-order valence-corrected chi connectivity index (χ3v) is 2.15. The monoisotopic (exact) mass is 234 g/mol. The Morgan fingerprint density at radius 1 is 1.41 bits per heavy atom. The van der Waals surface area contributed by atoms with E-state index < -0.39 is 11.9 Å². The summed E-state index contributed by atoms with van der Waals surface area (Å²) in [5.74, 6) is -0.465. The van der Waals surface area contributed by atoms with Crippen molar-refractivity contribution >= 4 is 23.7 Å². The molecule has 1 aromatic rings.